The minimum absolute atomic E-state index is 0.0124. The highest BCUT2D eigenvalue weighted by Gasteiger charge is 2.08. The molecular formula is C16H15NO3S. The summed E-state index contributed by atoms with van der Waals surface area (Å²) in [6.45, 7) is 1.99. The van der Waals surface area contributed by atoms with Crippen LogP contribution in [-0.2, 0) is 10.0 Å². The Labute approximate surface area is 124 Å². The molecule has 0 amide bonds. The molecule has 108 valence electrons. The highest BCUT2D eigenvalue weighted by atomic mass is 32.2. The van der Waals surface area contributed by atoms with Gasteiger partial charge in [-0.1, -0.05) is 35.9 Å². The molecule has 0 unspecified atom stereocenters. The van der Waals surface area contributed by atoms with Crippen molar-refractivity contribution in [2.75, 3.05) is 0 Å². The van der Waals surface area contributed by atoms with Crippen molar-refractivity contribution in [3.05, 3.63) is 71.3 Å². The van der Waals surface area contributed by atoms with Crippen molar-refractivity contribution < 1.29 is 13.2 Å². The minimum Gasteiger partial charge on any atom is -0.289 e. The average molecular weight is 301 g/mol. The van der Waals surface area contributed by atoms with Gasteiger partial charge in [0.1, 0.15) is 0 Å². The zero-order valence-corrected chi connectivity index (χ0v) is 12.3. The summed E-state index contributed by atoms with van der Waals surface area (Å²) in [7, 11) is -3.73. The Bertz CT molecular complexity index is 773. The Balaban J connectivity index is 2.15. The molecule has 0 bridgehead atoms. The first-order valence-electron chi connectivity index (χ1n) is 6.28. The Morgan fingerprint density at radius 2 is 1.57 bits per heavy atom. The Hall–Kier alpha value is -2.24. The number of rotatable bonds is 4. The van der Waals surface area contributed by atoms with E-state index in [0.717, 1.165) is 11.1 Å². The van der Waals surface area contributed by atoms with Gasteiger partial charge in [0.2, 0.25) is 10.0 Å². The van der Waals surface area contributed by atoms with E-state index in [1.54, 1.807) is 6.08 Å². The van der Waals surface area contributed by atoms with Crippen LogP contribution in [0, 0.1) is 6.92 Å². The lowest BCUT2D eigenvalue weighted by Crippen LogP contribution is -2.12. The topological polar surface area (TPSA) is 77.2 Å². The zero-order chi connectivity index (χ0) is 15.5. The normalized spacial score (nSPS) is 11.7. The van der Waals surface area contributed by atoms with Crippen molar-refractivity contribution in [1.82, 2.24) is 0 Å². The maximum absolute atomic E-state index is 12.0. The van der Waals surface area contributed by atoms with Crippen LogP contribution in [0.3, 0.4) is 0 Å². The number of carbonyl (C=O) groups excluding carboxylic acids is 1. The number of aryl methyl sites for hydroxylation is 1. The molecule has 0 aliphatic carbocycles. The first-order chi connectivity index (χ1) is 9.86. The third kappa shape index (κ3) is 4.11. The van der Waals surface area contributed by atoms with Crippen molar-refractivity contribution in [2.45, 2.75) is 11.8 Å². The summed E-state index contributed by atoms with van der Waals surface area (Å²) in [5.74, 6) is -0.198. The van der Waals surface area contributed by atoms with Crippen LogP contribution in [0.2, 0.25) is 0 Å². The summed E-state index contributed by atoms with van der Waals surface area (Å²) < 4.78 is 22.3. The van der Waals surface area contributed by atoms with Gasteiger partial charge in [-0.05, 0) is 42.8 Å². The van der Waals surface area contributed by atoms with E-state index in [0.29, 0.717) is 5.56 Å². The number of sulfonamides is 1. The maximum Gasteiger partial charge on any atom is 0.238 e. The molecule has 2 aromatic carbocycles. The molecule has 0 heterocycles. The van der Waals surface area contributed by atoms with Crippen LogP contribution in [0.5, 0.6) is 0 Å². The van der Waals surface area contributed by atoms with Crippen LogP contribution < -0.4 is 5.14 Å². The van der Waals surface area contributed by atoms with Gasteiger partial charge in [0, 0.05) is 5.56 Å². The zero-order valence-electron chi connectivity index (χ0n) is 11.5. The molecule has 0 fully saturated rings. The van der Waals surface area contributed by atoms with Gasteiger partial charge < -0.3 is 0 Å². The first-order valence-corrected chi connectivity index (χ1v) is 7.83. The van der Waals surface area contributed by atoms with Gasteiger partial charge in [0.15, 0.2) is 5.78 Å². The molecule has 2 N–H and O–H groups in total. The molecule has 21 heavy (non-hydrogen) atoms. The van der Waals surface area contributed by atoms with E-state index in [1.165, 1.54) is 30.3 Å². The summed E-state index contributed by atoms with van der Waals surface area (Å²) >= 11 is 0. The van der Waals surface area contributed by atoms with Crippen molar-refractivity contribution in [3.8, 4) is 0 Å². The van der Waals surface area contributed by atoms with Gasteiger partial charge >= 0.3 is 0 Å². The van der Waals surface area contributed by atoms with Crippen LogP contribution in [0.25, 0.3) is 6.08 Å². The third-order valence-electron chi connectivity index (χ3n) is 2.97. The van der Waals surface area contributed by atoms with Gasteiger partial charge in [-0.2, -0.15) is 0 Å². The van der Waals surface area contributed by atoms with Crippen LogP contribution in [0.15, 0.2) is 59.5 Å². The Kier molecular flexibility index (Phi) is 4.35. The number of hydrogen-bond donors (Lipinski definition) is 1. The fourth-order valence-corrected chi connectivity index (χ4v) is 2.27. The second-order valence-electron chi connectivity index (χ2n) is 4.68. The minimum atomic E-state index is -3.73. The lowest BCUT2D eigenvalue weighted by atomic mass is 10.1. The molecule has 5 heteroatoms. The monoisotopic (exact) mass is 301 g/mol. The van der Waals surface area contributed by atoms with Crippen LogP contribution in [0.4, 0.5) is 0 Å². The molecule has 0 aliphatic heterocycles. The second kappa shape index (κ2) is 6.03. The largest absolute Gasteiger partial charge is 0.289 e. The van der Waals surface area contributed by atoms with E-state index in [-0.39, 0.29) is 10.7 Å². The van der Waals surface area contributed by atoms with Crippen LogP contribution in [-0.4, -0.2) is 14.2 Å². The predicted octanol–water partition coefficient (Wildman–Crippen LogP) is 2.54. The van der Waals surface area contributed by atoms with Gasteiger partial charge in [-0.15, -0.1) is 0 Å². The molecule has 0 aromatic heterocycles. The van der Waals surface area contributed by atoms with Gasteiger partial charge in [-0.3, -0.25) is 4.79 Å². The summed E-state index contributed by atoms with van der Waals surface area (Å²) in [4.78, 5) is 12.0. The second-order valence-corrected chi connectivity index (χ2v) is 6.24. The Morgan fingerprint density at radius 3 is 2.10 bits per heavy atom. The summed E-state index contributed by atoms with van der Waals surface area (Å²) in [6.07, 6.45) is 3.17. The van der Waals surface area contributed by atoms with E-state index >= 15 is 0 Å². The number of nitrogens with two attached hydrogens (primary N) is 1. The average Bonchev–Trinajstić information content (AvgIpc) is 2.45. The fourth-order valence-electron chi connectivity index (χ4n) is 1.75. The van der Waals surface area contributed by atoms with Crippen molar-refractivity contribution in [1.29, 1.82) is 0 Å². The molecular weight excluding hydrogens is 286 g/mol. The number of hydrogen-bond acceptors (Lipinski definition) is 3. The number of primary sulfonamides is 1. The highest BCUT2D eigenvalue weighted by Crippen LogP contribution is 2.11. The SMILES string of the molecule is Cc1ccc(/C=C/C(=O)c2ccc(S(N)(=O)=O)cc2)cc1. The van der Waals surface area contributed by atoms with E-state index in [4.69, 9.17) is 5.14 Å². The smallest absolute Gasteiger partial charge is 0.238 e. The van der Waals surface area contributed by atoms with Gasteiger partial charge in [-0.25, -0.2) is 13.6 Å². The summed E-state index contributed by atoms with van der Waals surface area (Å²) in [6, 6.07) is 13.3. The van der Waals surface area contributed by atoms with Gasteiger partial charge in [0.05, 0.1) is 4.90 Å². The molecule has 0 atom stereocenters. The van der Waals surface area contributed by atoms with E-state index in [1.807, 2.05) is 31.2 Å². The summed E-state index contributed by atoms with van der Waals surface area (Å²) in [5, 5.41) is 5.00. The van der Waals surface area contributed by atoms with E-state index < -0.39 is 10.0 Å². The molecule has 0 aliphatic rings. The summed E-state index contributed by atoms with van der Waals surface area (Å²) in [5.41, 5.74) is 2.48. The molecule has 0 saturated carbocycles. The number of carbonyl (C=O) groups is 1. The molecule has 2 aromatic rings. The van der Waals surface area contributed by atoms with Crippen molar-refractivity contribution >= 4 is 21.9 Å². The van der Waals surface area contributed by atoms with E-state index in [9.17, 15) is 13.2 Å². The Morgan fingerprint density at radius 1 is 1.00 bits per heavy atom. The van der Waals surface area contributed by atoms with Gasteiger partial charge in [0.25, 0.3) is 0 Å². The molecule has 0 radical (unpaired) electrons. The molecule has 4 nitrogen and oxygen atoms in total. The fraction of sp³-hybridized carbons (Fsp3) is 0.0625. The standard InChI is InChI=1S/C16H15NO3S/c1-12-2-4-13(5-3-12)6-11-16(18)14-7-9-15(10-8-14)21(17,19)20/h2-11H,1H3,(H2,17,19,20)/b11-6+. The molecule has 2 rings (SSSR count). The van der Waals surface area contributed by atoms with Crippen LogP contribution >= 0.6 is 0 Å². The van der Waals surface area contributed by atoms with Crippen molar-refractivity contribution in [2.24, 2.45) is 5.14 Å². The predicted molar refractivity (Wildman–Crippen MR) is 82.4 cm³/mol. The van der Waals surface area contributed by atoms with Crippen LogP contribution in [0.1, 0.15) is 21.5 Å². The molecule has 0 saturated heterocycles. The number of ketones is 1. The quantitative estimate of drug-likeness (QED) is 0.696. The highest BCUT2D eigenvalue weighted by molar-refractivity contribution is 7.89. The van der Waals surface area contributed by atoms with E-state index in [2.05, 4.69) is 0 Å². The lowest BCUT2D eigenvalue weighted by molar-refractivity contribution is 0.104. The number of benzene rings is 2. The molecule has 0 spiro atoms. The number of allylic oxidation sites excluding steroid dienone is 1. The van der Waals surface area contributed by atoms with Crippen molar-refractivity contribution in [3.63, 3.8) is 0 Å². The maximum atomic E-state index is 12.0. The first kappa shape index (κ1) is 15.2. The lowest BCUT2D eigenvalue weighted by Gasteiger charge is -2.00. The third-order valence-corrected chi connectivity index (χ3v) is 3.90.